The van der Waals surface area contributed by atoms with Crippen molar-refractivity contribution in [3.8, 4) is 0 Å². The van der Waals surface area contributed by atoms with Gasteiger partial charge in [0.05, 0.1) is 23.2 Å². The van der Waals surface area contributed by atoms with Gasteiger partial charge in [0.15, 0.2) is 0 Å². The first-order valence-electron chi connectivity index (χ1n) is 8.07. The molecule has 0 unspecified atom stereocenters. The van der Waals surface area contributed by atoms with Gasteiger partial charge >= 0.3 is 5.97 Å². The summed E-state index contributed by atoms with van der Waals surface area (Å²) in [5.74, 6) is -1.20. The summed E-state index contributed by atoms with van der Waals surface area (Å²) < 4.78 is 37.6. The molecule has 9 heteroatoms. The van der Waals surface area contributed by atoms with Gasteiger partial charge in [-0.15, -0.1) is 0 Å². The summed E-state index contributed by atoms with van der Waals surface area (Å²) in [5, 5.41) is 12.4. The van der Waals surface area contributed by atoms with Gasteiger partial charge in [-0.3, -0.25) is 0 Å². The van der Waals surface area contributed by atoms with Gasteiger partial charge in [0.2, 0.25) is 10.0 Å². The van der Waals surface area contributed by atoms with Gasteiger partial charge in [0, 0.05) is 32.0 Å². The van der Waals surface area contributed by atoms with Crippen molar-refractivity contribution in [2.45, 2.75) is 36.8 Å². The number of benzene rings is 1. The van der Waals surface area contributed by atoms with Gasteiger partial charge < -0.3 is 19.9 Å². The fourth-order valence-corrected chi connectivity index (χ4v) is 3.92. The first kappa shape index (κ1) is 19.6. The van der Waals surface area contributed by atoms with E-state index in [9.17, 15) is 18.3 Å². The highest BCUT2D eigenvalue weighted by molar-refractivity contribution is 7.89. The van der Waals surface area contributed by atoms with Gasteiger partial charge in [0.1, 0.15) is 0 Å². The summed E-state index contributed by atoms with van der Waals surface area (Å²) in [6.45, 7) is 3.07. The largest absolute Gasteiger partial charge is 0.478 e. The number of carbonyl (C=O) groups is 1. The number of sulfonamides is 1. The second-order valence-electron chi connectivity index (χ2n) is 6.01. The summed E-state index contributed by atoms with van der Waals surface area (Å²) in [6, 6.07) is 3.57. The summed E-state index contributed by atoms with van der Waals surface area (Å²) >= 11 is 0. The lowest BCUT2D eigenvalue weighted by Gasteiger charge is -2.16. The van der Waals surface area contributed by atoms with Gasteiger partial charge in [-0.05, 0) is 38.0 Å². The molecule has 0 aromatic heterocycles. The van der Waals surface area contributed by atoms with Crippen molar-refractivity contribution in [3.05, 3.63) is 23.8 Å². The van der Waals surface area contributed by atoms with E-state index >= 15 is 0 Å². The van der Waals surface area contributed by atoms with Crippen LogP contribution >= 0.6 is 0 Å². The highest BCUT2D eigenvalue weighted by Gasteiger charge is 2.22. The lowest BCUT2D eigenvalue weighted by atomic mass is 10.1. The van der Waals surface area contributed by atoms with E-state index in [-0.39, 0.29) is 23.2 Å². The number of aromatic carboxylic acids is 1. The molecule has 1 aliphatic heterocycles. The first-order chi connectivity index (χ1) is 11.8. The van der Waals surface area contributed by atoms with Crippen LogP contribution < -0.4 is 10.0 Å². The van der Waals surface area contributed by atoms with Gasteiger partial charge in [-0.25, -0.2) is 17.9 Å². The van der Waals surface area contributed by atoms with E-state index in [2.05, 4.69) is 10.0 Å². The van der Waals surface area contributed by atoms with Crippen LogP contribution in [0.4, 0.5) is 5.69 Å². The van der Waals surface area contributed by atoms with Crippen molar-refractivity contribution in [1.29, 1.82) is 0 Å². The van der Waals surface area contributed by atoms with Crippen molar-refractivity contribution in [2.24, 2.45) is 0 Å². The van der Waals surface area contributed by atoms with E-state index in [1.165, 1.54) is 19.2 Å². The summed E-state index contributed by atoms with van der Waals surface area (Å²) in [7, 11) is -2.36. The number of nitrogens with one attached hydrogen (secondary N) is 2. The molecular weight excluding hydrogens is 348 g/mol. The maximum atomic E-state index is 12.4. The molecule has 8 nitrogen and oxygen atoms in total. The van der Waals surface area contributed by atoms with Crippen LogP contribution in [0.1, 0.15) is 30.1 Å². The third-order valence-corrected chi connectivity index (χ3v) is 5.44. The predicted molar refractivity (Wildman–Crippen MR) is 92.5 cm³/mol. The van der Waals surface area contributed by atoms with Crippen LogP contribution in [0.25, 0.3) is 0 Å². The summed E-state index contributed by atoms with van der Waals surface area (Å²) in [5.41, 5.74) is 0.271. The molecule has 2 rings (SSSR count). The number of anilines is 1. The Morgan fingerprint density at radius 1 is 1.48 bits per heavy atom. The van der Waals surface area contributed by atoms with E-state index in [1.807, 2.05) is 0 Å². The second kappa shape index (κ2) is 8.61. The van der Waals surface area contributed by atoms with Crippen LogP contribution in [0, 0.1) is 0 Å². The van der Waals surface area contributed by atoms with E-state index in [4.69, 9.17) is 9.47 Å². The molecule has 0 amide bonds. The highest BCUT2D eigenvalue weighted by atomic mass is 32.2. The third kappa shape index (κ3) is 5.40. The normalized spacial score (nSPS) is 18.9. The molecule has 1 aliphatic rings. The number of ether oxygens (including phenoxy) is 2. The van der Waals surface area contributed by atoms with Crippen LogP contribution in [-0.4, -0.2) is 58.5 Å². The molecule has 1 aromatic rings. The molecule has 140 valence electrons. The molecule has 1 heterocycles. The molecule has 25 heavy (non-hydrogen) atoms. The zero-order valence-electron chi connectivity index (χ0n) is 14.3. The second-order valence-corrected chi connectivity index (χ2v) is 7.72. The van der Waals surface area contributed by atoms with Crippen LogP contribution in [0.2, 0.25) is 0 Å². The molecule has 1 aromatic carbocycles. The number of rotatable bonds is 9. The van der Waals surface area contributed by atoms with Gasteiger partial charge in [0.25, 0.3) is 0 Å². The molecule has 1 fully saturated rings. The van der Waals surface area contributed by atoms with Crippen LogP contribution in [0.15, 0.2) is 23.1 Å². The van der Waals surface area contributed by atoms with Crippen molar-refractivity contribution in [2.75, 3.05) is 32.2 Å². The average molecular weight is 372 g/mol. The minimum atomic E-state index is -3.83. The van der Waals surface area contributed by atoms with Gasteiger partial charge in [-0.1, -0.05) is 0 Å². The van der Waals surface area contributed by atoms with Crippen molar-refractivity contribution >= 4 is 21.7 Å². The lowest BCUT2D eigenvalue weighted by molar-refractivity contribution is 0.0697. The van der Waals surface area contributed by atoms with Crippen LogP contribution in [0.3, 0.4) is 0 Å². The molecule has 0 aliphatic carbocycles. The van der Waals surface area contributed by atoms with Crippen molar-refractivity contribution in [1.82, 2.24) is 4.72 Å². The number of carboxylic acid groups (broad SMARTS) is 1. The quantitative estimate of drug-likeness (QED) is 0.598. The van der Waals surface area contributed by atoms with Crippen LogP contribution in [-0.2, 0) is 19.5 Å². The number of methoxy groups -OCH3 is 1. The summed E-state index contributed by atoms with van der Waals surface area (Å²) in [4.78, 5) is 11.4. The molecule has 0 radical (unpaired) electrons. The lowest BCUT2D eigenvalue weighted by Crippen LogP contribution is -2.35. The third-order valence-electron chi connectivity index (χ3n) is 3.85. The van der Waals surface area contributed by atoms with Crippen molar-refractivity contribution in [3.63, 3.8) is 0 Å². The molecule has 0 bridgehead atoms. The SMILES string of the molecule is COC[C@H](C)NS(=O)(=O)c1ccc(NC[C@@H]2CCCO2)c(C(=O)O)c1. The van der Waals surface area contributed by atoms with E-state index in [1.54, 1.807) is 6.92 Å². The number of carboxylic acids is 1. The Balaban J connectivity index is 2.17. The molecule has 1 saturated heterocycles. The standard InChI is InChI=1S/C16H24N2O6S/c1-11(10-23-2)18-25(21,22)13-5-6-15(14(8-13)16(19)20)17-9-12-4-3-7-24-12/h5-6,8,11-12,17-18H,3-4,7,9-10H2,1-2H3,(H,19,20)/t11-,12-/m0/s1. The molecule has 0 saturated carbocycles. The first-order valence-corrected chi connectivity index (χ1v) is 9.56. The highest BCUT2D eigenvalue weighted by Crippen LogP contribution is 2.22. The maximum absolute atomic E-state index is 12.4. The zero-order valence-corrected chi connectivity index (χ0v) is 15.1. The Hall–Kier alpha value is -1.68. The predicted octanol–water partition coefficient (Wildman–Crippen LogP) is 1.29. The fraction of sp³-hybridized carbons (Fsp3) is 0.562. The number of hydrogen-bond donors (Lipinski definition) is 3. The molecule has 0 spiro atoms. The average Bonchev–Trinajstić information content (AvgIpc) is 3.05. The van der Waals surface area contributed by atoms with E-state index < -0.39 is 22.0 Å². The number of hydrogen-bond acceptors (Lipinski definition) is 6. The minimum absolute atomic E-state index is 0.0432. The Bertz CT molecular complexity index is 701. The Morgan fingerprint density at radius 2 is 2.24 bits per heavy atom. The molecule has 3 N–H and O–H groups in total. The molecular formula is C16H24N2O6S. The van der Waals surface area contributed by atoms with E-state index in [0.29, 0.717) is 18.8 Å². The minimum Gasteiger partial charge on any atom is -0.478 e. The maximum Gasteiger partial charge on any atom is 0.337 e. The fourth-order valence-electron chi connectivity index (χ4n) is 2.67. The Labute approximate surface area is 147 Å². The van der Waals surface area contributed by atoms with Crippen LogP contribution in [0.5, 0.6) is 0 Å². The zero-order chi connectivity index (χ0) is 18.4. The van der Waals surface area contributed by atoms with E-state index in [0.717, 1.165) is 18.9 Å². The summed E-state index contributed by atoms with van der Waals surface area (Å²) in [6.07, 6.45) is 1.95. The smallest absolute Gasteiger partial charge is 0.337 e. The Morgan fingerprint density at radius 3 is 2.84 bits per heavy atom. The monoisotopic (exact) mass is 372 g/mol. The van der Waals surface area contributed by atoms with Gasteiger partial charge in [-0.2, -0.15) is 0 Å². The Kier molecular flexibility index (Phi) is 6.77. The van der Waals surface area contributed by atoms with Crippen molar-refractivity contribution < 1.29 is 27.8 Å². The molecule has 2 atom stereocenters. The topological polar surface area (TPSA) is 114 Å².